The molecule has 2 rings (SSSR count). The molecule has 0 saturated carbocycles. The Hall–Kier alpha value is -1.42. The molecule has 2 heterocycles. The van der Waals surface area contributed by atoms with Crippen LogP contribution in [0.1, 0.15) is 11.4 Å². The average Bonchev–Trinajstić information content (AvgIpc) is 2.77. The van der Waals surface area contributed by atoms with Gasteiger partial charge < -0.3 is 14.7 Å². The standard InChI is InChI=1S/C9H10F3N3O3S/c10-9(11,12)7-13-14-8(19-7)15-1-2-18-4-5(15)3-6(16)17/h5H,1-4H2,(H,16,17). The quantitative estimate of drug-likeness (QED) is 0.904. The molecule has 0 aliphatic carbocycles. The summed E-state index contributed by atoms with van der Waals surface area (Å²) in [5.41, 5.74) is 0. The first-order valence-electron chi connectivity index (χ1n) is 5.35. The smallest absolute Gasteiger partial charge is 0.445 e. The summed E-state index contributed by atoms with van der Waals surface area (Å²) < 4.78 is 42.5. The van der Waals surface area contributed by atoms with E-state index in [1.165, 1.54) is 4.90 Å². The minimum absolute atomic E-state index is 0.0712. The lowest BCUT2D eigenvalue weighted by Crippen LogP contribution is -2.46. The maximum absolute atomic E-state index is 12.4. The van der Waals surface area contributed by atoms with Crippen molar-refractivity contribution in [2.45, 2.75) is 18.6 Å². The van der Waals surface area contributed by atoms with Gasteiger partial charge in [-0.15, -0.1) is 10.2 Å². The van der Waals surface area contributed by atoms with E-state index in [-0.39, 0.29) is 18.2 Å². The summed E-state index contributed by atoms with van der Waals surface area (Å²) in [6.07, 6.45) is -4.76. The number of carboxylic acid groups (broad SMARTS) is 1. The molecule has 0 aromatic carbocycles. The first-order valence-corrected chi connectivity index (χ1v) is 6.16. The van der Waals surface area contributed by atoms with Crippen molar-refractivity contribution in [3.8, 4) is 0 Å². The van der Waals surface area contributed by atoms with E-state index in [4.69, 9.17) is 9.84 Å². The summed E-state index contributed by atoms with van der Waals surface area (Å²) in [7, 11) is 0. The molecule has 1 saturated heterocycles. The van der Waals surface area contributed by atoms with Crippen LogP contribution in [-0.2, 0) is 15.7 Å². The fourth-order valence-electron chi connectivity index (χ4n) is 1.72. The number of carbonyl (C=O) groups is 1. The lowest BCUT2D eigenvalue weighted by molar-refractivity contribution is -0.138. The fourth-order valence-corrected chi connectivity index (χ4v) is 2.53. The van der Waals surface area contributed by atoms with E-state index in [9.17, 15) is 18.0 Å². The summed E-state index contributed by atoms with van der Waals surface area (Å²) >= 11 is 0.407. The number of rotatable bonds is 3. The van der Waals surface area contributed by atoms with Crippen LogP contribution in [0.25, 0.3) is 0 Å². The summed E-state index contributed by atoms with van der Waals surface area (Å²) in [6.45, 7) is 0.759. The third-order valence-electron chi connectivity index (χ3n) is 2.54. The number of alkyl halides is 3. The lowest BCUT2D eigenvalue weighted by atomic mass is 10.2. The second kappa shape index (κ2) is 5.29. The van der Waals surface area contributed by atoms with Crippen molar-refractivity contribution in [3.05, 3.63) is 5.01 Å². The van der Waals surface area contributed by atoms with Gasteiger partial charge in [0.1, 0.15) is 0 Å². The largest absolute Gasteiger partial charge is 0.481 e. The second-order valence-electron chi connectivity index (χ2n) is 3.91. The van der Waals surface area contributed by atoms with E-state index in [2.05, 4.69) is 10.2 Å². The molecule has 6 nitrogen and oxygen atoms in total. The van der Waals surface area contributed by atoms with Gasteiger partial charge in [-0.05, 0) is 0 Å². The van der Waals surface area contributed by atoms with Crippen LogP contribution in [-0.4, -0.2) is 47.1 Å². The maximum Gasteiger partial charge on any atom is 0.445 e. The van der Waals surface area contributed by atoms with Gasteiger partial charge in [0.05, 0.1) is 25.7 Å². The lowest BCUT2D eigenvalue weighted by Gasteiger charge is -2.34. The van der Waals surface area contributed by atoms with Crippen molar-refractivity contribution in [1.82, 2.24) is 10.2 Å². The van der Waals surface area contributed by atoms with Gasteiger partial charge in [0, 0.05) is 6.54 Å². The maximum atomic E-state index is 12.4. The highest BCUT2D eigenvalue weighted by molar-refractivity contribution is 7.15. The number of morpholine rings is 1. The number of nitrogens with zero attached hydrogens (tertiary/aromatic N) is 3. The van der Waals surface area contributed by atoms with Crippen molar-refractivity contribution in [2.24, 2.45) is 0 Å². The number of halogens is 3. The SMILES string of the molecule is O=C(O)CC1COCCN1c1nnc(C(F)(F)F)s1. The van der Waals surface area contributed by atoms with E-state index in [1.54, 1.807) is 0 Å². The van der Waals surface area contributed by atoms with Crippen LogP contribution in [0.5, 0.6) is 0 Å². The Labute approximate surface area is 109 Å². The molecule has 0 radical (unpaired) electrons. The normalized spacial score (nSPS) is 20.6. The molecule has 1 aliphatic rings. The Morgan fingerprint density at radius 1 is 1.53 bits per heavy atom. The molecular weight excluding hydrogens is 287 g/mol. The van der Waals surface area contributed by atoms with Gasteiger partial charge in [-0.3, -0.25) is 4.79 Å². The molecule has 1 aromatic heterocycles. The van der Waals surface area contributed by atoms with Gasteiger partial charge in [-0.25, -0.2) is 0 Å². The van der Waals surface area contributed by atoms with Gasteiger partial charge in [0.2, 0.25) is 10.1 Å². The van der Waals surface area contributed by atoms with Crippen molar-refractivity contribution in [3.63, 3.8) is 0 Å². The predicted molar refractivity (Wildman–Crippen MR) is 59.1 cm³/mol. The number of ether oxygens (including phenoxy) is 1. The molecule has 1 atom stereocenters. The topological polar surface area (TPSA) is 75.6 Å². The van der Waals surface area contributed by atoms with Crippen molar-refractivity contribution in [2.75, 3.05) is 24.7 Å². The van der Waals surface area contributed by atoms with Crippen LogP contribution in [0.15, 0.2) is 0 Å². The van der Waals surface area contributed by atoms with Gasteiger partial charge in [-0.1, -0.05) is 11.3 Å². The Morgan fingerprint density at radius 2 is 2.26 bits per heavy atom. The Kier molecular flexibility index (Phi) is 3.90. The number of hydrogen-bond acceptors (Lipinski definition) is 6. The monoisotopic (exact) mass is 297 g/mol. The molecule has 1 fully saturated rings. The number of carboxylic acids is 1. The molecule has 106 valence electrons. The van der Waals surface area contributed by atoms with E-state index < -0.39 is 23.2 Å². The molecule has 19 heavy (non-hydrogen) atoms. The second-order valence-corrected chi connectivity index (χ2v) is 4.86. The predicted octanol–water partition coefficient (Wildman–Crippen LogP) is 1.24. The van der Waals surface area contributed by atoms with E-state index in [0.717, 1.165) is 0 Å². The number of aromatic nitrogens is 2. The highest BCUT2D eigenvalue weighted by atomic mass is 32.1. The minimum atomic E-state index is -4.54. The van der Waals surface area contributed by atoms with Gasteiger partial charge in [0.25, 0.3) is 0 Å². The summed E-state index contributed by atoms with van der Waals surface area (Å²) in [6, 6.07) is -0.528. The van der Waals surface area contributed by atoms with Gasteiger partial charge in [-0.2, -0.15) is 13.2 Å². The molecule has 1 unspecified atom stereocenters. The van der Waals surface area contributed by atoms with E-state index >= 15 is 0 Å². The fraction of sp³-hybridized carbons (Fsp3) is 0.667. The number of hydrogen-bond donors (Lipinski definition) is 1. The third kappa shape index (κ3) is 3.32. The zero-order valence-electron chi connectivity index (χ0n) is 9.55. The highest BCUT2D eigenvalue weighted by Gasteiger charge is 2.37. The Morgan fingerprint density at radius 3 is 2.84 bits per heavy atom. The van der Waals surface area contributed by atoms with E-state index in [0.29, 0.717) is 24.5 Å². The Balaban J connectivity index is 2.18. The number of anilines is 1. The van der Waals surface area contributed by atoms with Crippen LogP contribution < -0.4 is 4.90 Å². The van der Waals surface area contributed by atoms with Crippen LogP contribution in [0.3, 0.4) is 0 Å². The zero-order chi connectivity index (χ0) is 14.0. The summed E-state index contributed by atoms with van der Waals surface area (Å²) in [5, 5.41) is 14.4. The highest BCUT2D eigenvalue weighted by Crippen LogP contribution is 2.35. The molecule has 0 bridgehead atoms. The first kappa shape index (κ1) is 14.0. The van der Waals surface area contributed by atoms with E-state index in [1.807, 2.05) is 0 Å². The number of aliphatic carboxylic acids is 1. The van der Waals surface area contributed by atoms with Crippen LogP contribution in [0.2, 0.25) is 0 Å². The van der Waals surface area contributed by atoms with Gasteiger partial charge >= 0.3 is 12.1 Å². The summed E-state index contributed by atoms with van der Waals surface area (Å²) in [4.78, 5) is 12.2. The molecule has 0 spiro atoms. The average molecular weight is 297 g/mol. The zero-order valence-corrected chi connectivity index (χ0v) is 10.4. The molecule has 1 N–H and O–H groups in total. The molecule has 10 heteroatoms. The van der Waals surface area contributed by atoms with Crippen LogP contribution >= 0.6 is 11.3 Å². The van der Waals surface area contributed by atoms with Crippen LogP contribution in [0, 0.1) is 0 Å². The third-order valence-corrected chi connectivity index (χ3v) is 3.55. The summed E-state index contributed by atoms with van der Waals surface area (Å²) in [5.74, 6) is -1.04. The minimum Gasteiger partial charge on any atom is -0.481 e. The Bertz CT molecular complexity index is 465. The van der Waals surface area contributed by atoms with Crippen molar-refractivity contribution < 1.29 is 27.8 Å². The molecule has 1 aliphatic heterocycles. The molecule has 1 aromatic rings. The van der Waals surface area contributed by atoms with Crippen molar-refractivity contribution in [1.29, 1.82) is 0 Å². The van der Waals surface area contributed by atoms with Crippen LogP contribution in [0.4, 0.5) is 18.3 Å². The molecular formula is C9H10F3N3O3S. The van der Waals surface area contributed by atoms with Crippen molar-refractivity contribution >= 4 is 22.4 Å². The molecule has 0 amide bonds. The first-order chi connectivity index (χ1) is 8.88. The van der Waals surface area contributed by atoms with Gasteiger partial charge in [0.15, 0.2) is 0 Å².